The third-order valence-corrected chi connectivity index (χ3v) is 7.86. The molecule has 2 N–H and O–H groups in total. The van der Waals surface area contributed by atoms with E-state index < -0.39 is 11.8 Å². The van der Waals surface area contributed by atoms with Crippen molar-refractivity contribution < 1.29 is 19.1 Å². The second-order valence-corrected chi connectivity index (χ2v) is 10.1. The Morgan fingerprint density at radius 2 is 1.75 bits per heavy atom. The van der Waals surface area contributed by atoms with E-state index in [0.29, 0.717) is 30.8 Å². The number of carbonyl (C=O) groups is 3. The number of nitrogens with zero attached hydrogens (tertiary/aromatic N) is 2. The largest absolute Gasteiger partial charge is 0.496 e. The van der Waals surface area contributed by atoms with Crippen LogP contribution in [0.1, 0.15) is 50.2 Å². The summed E-state index contributed by atoms with van der Waals surface area (Å²) in [7, 11) is 1.48. The van der Waals surface area contributed by atoms with E-state index in [1.165, 1.54) is 23.3 Å². The van der Waals surface area contributed by atoms with E-state index in [1.54, 1.807) is 41.4 Å². The summed E-state index contributed by atoms with van der Waals surface area (Å²) in [5, 5.41) is 2.56. The van der Waals surface area contributed by atoms with Crippen molar-refractivity contribution in [2.24, 2.45) is 0 Å². The number of ether oxygens (including phenoxy) is 1. The minimum atomic E-state index is -0.485. The SMILES string of the molecule is COc1ccccc1C(=O)NNC(=O)c1csc(C2CCN(C(=O)Cc3ccc(SC)cc3)CC2)n1. The zero-order chi connectivity index (χ0) is 25.5. The van der Waals surface area contributed by atoms with Gasteiger partial charge in [-0.25, -0.2) is 4.98 Å². The number of piperidine rings is 1. The van der Waals surface area contributed by atoms with Crippen LogP contribution in [0, 0.1) is 0 Å². The lowest BCUT2D eigenvalue weighted by molar-refractivity contribution is -0.131. The van der Waals surface area contributed by atoms with Gasteiger partial charge in [0.15, 0.2) is 0 Å². The number of rotatable bonds is 7. The Kier molecular flexibility index (Phi) is 8.61. The zero-order valence-electron chi connectivity index (χ0n) is 20.2. The van der Waals surface area contributed by atoms with Gasteiger partial charge in [0, 0.05) is 29.3 Å². The molecule has 0 spiro atoms. The highest BCUT2D eigenvalue weighted by atomic mass is 32.2. The highest BCUT2D eigenvalue weighted by Gasteiger charge is 2.26. The fraction of sp³-hybridized carbons (Fsp3) is 0.308. The molecule has 3 aromatic rings. The Balaban J connectivity index is 1.26. The zero-order valence-corrected chi connectivity index (χ0v) is 21.8. The summed E-state index contributed by atoms with van der Waals surface area (Å²) in [5.41, 5.74) is 6.41. The minimum absolute atomic E-state index is 0.135. The van der Waals surface area contributed by atoms with E-state index in [-0.39, 0.29) is 17.5 Å². The summed E-state index contributed by atoms with van der Waals surface area (Å²) in [5.74, 6) is -0.215. The molecule has 8 nitrogen and oxygen atoms in total. The monoisotopic (exact) mass is 524 g/mol. The summed E-state index contributed by atoms with van der Waals surface area (Å²) < 4.78 is 5.18. The molecule has 36 heavy (non-hydrogen) atoms. The molecular formula is C26H28N4O4S2. The predicted molar refractivity (Wildman–Crippen MR) is 141 cm³/mol. The first-order valence-corrected chi connectivity index (χ1v) is 13.7. The normalized spacial score (nSPS) is 13.8. The van der Waals surface area contributed by atoms with Gasteiger partial charge in [0.1, 0.15) is 11.4 Å². The molecule has 2 heterocycles. The van der Waals surface area contributed by atoms with Crippen LogP contribution in [0.2, 0.25) is 0 Å². The van der Waals surface area contributed by atoms with Crippen molar-refractivity contribution in [2.75, 3.05) is 26.5 Å². The molecule has 3 amide bonds. The van der Waals surface area contributed by atoms with Gasteiger partial charge in [0.2, 0.25) is 5.91 Å². The molecule has 0 aliphatic carbocycles. The standard InChI is InChI=1S/C26H28N4O4S2/c1-34-22-6-4-3-5-20(22)24(32)28-29-25(33)21-16-36-26(27-21)18-11-13-30(14-12-18)23(31)15-17-7-9-19(35-2)10-8-17/h3-10,16,18H,11-15H2,1-2H3,(H,28,32)(H,29,33). The van der Waals surface area contributed by atoms with E-state index in [1.807, 2.05) is 35.4 Å². The number of amides is 3. The molecule has 0 bridgehead atoms. The van der Waals surface area contributed by atoms with Crippen molar-refractivity contribution in [1.82, 2.24) is 20.7 Å². The van der Waals surface area contributed by atoms with Gasteiger partial charge in [-0.1, -0.05) is 24.3 Å². The van der Waals surface area contributed by atoms with Gasteiger partial charge in [-0.05, 0) is 48.9 Å². The van der Waals surface area contributed by atoms with Crippen LogP contribution in [0.5, 0.6) is 5.75 Å². The summed E-state index contributed by atoms with van der Waals surface area (Å²) in [6.45, 7) is 1.34. The van der Waals surface area contributed by atoms with Crippen LogP contribution in [0.25, 0.3) is 0 Å². The molecule has 10 heteroatoms. The number of aromatic nitrogens is 1. The maximum absolute atomic E-state index is 12.7. The number of hydrogen-bond donors (Lipinski definition) is 2. The maximum atomic E-state index is 12.7. The summed E-state index contributed by atoms with van der Waals surface area (Å²) in [4.78, 5) is 45.2. The molecule has 2 aromatic carbocycles. The quantitative estimate of drug-likeness (QED) is 0.359. The van der Waals surface area contributed by atoms with Gasteiger partial charge >= 0.3 is 0 Å². The Morgan fingerprint density at radius 1 is 1.06 bits per heavy atom. The lowest BCUT2D eigenvalue weighted by atomic mass is 9.97. The smallest absolute Gasteiger partial charge is 0.289 e. The van der Waals surface area contributed by atoms with Crippen LogP contribution in [0.4, 0.5) is 0 Å². The molecule has 1 aromatic heterocycles. The predicted octanol–water partition coefficient (Wildman–Crippen LogP) is 3.90. The topological polar surface area (TPSA) is 101 Å². The van der Waals surface area contributed by atoms with Crippen molar-refractivity contribution >= 4 is 40.8 Å². The lowest BCUT2D eigenvalue weighted by Gasteiger charge is -2.31. The molecule has 0 unspecified atom stereocenters. The highest BCUT2D eigenvalue weighted by Crippen LogP contribution is 2.30. The van der Waals surface area contributed by atoms with Crippen LogP contribution in [-0.4, -0.2) is 54.1 Å². The Bertz CT molecular complexity index is 1220. The number of thioether (sulfide) groups is 1. The molecule has 0 saturated carbocycles. The van der Waals surface area contributed by atoms with Gasteiger partial charge < -0.3 is 9.64 Å². The maximum Gasteiger partial charge on any atom is 0.289 e. The van der Waals surface area contributed by atoms with Crippen molar-refractivity contribution in [3.05, 3.63) is 75.7 Å². The molecule has 188 valence electrons. The fourth-order valence-electron chi connectivity index (χ4n) is 4.06. The first kappa shape index (κ1) is 25.7. The molecule has 1 saturated heterocycles. The summed E-state index contributed by atoms with van der Waals surface area (Å²) in [6.07, 6.45) is 4.04. The number of thiazole rings is 1. The van der Waals surface area contributed by atoms with Gasteiger partial charge in [-0.2, -0.15) is 0 Å². The minimum Gasteiger partial charge on any atom is -0.496 e. The summed E-state index contributed by atoms with van der Waals surface area (Å²) >= 11 is 3.11. The van der Waals surface area contributed by atoms with Crippen molar-refractivity contribution in [3.63, 3.8) is 0 Å². The van der Waals surface area contributed by atoms with E-state index in [9.17, 15) is 14.4 Å². The van der Waals surface area contributed by atoms with Gasteiger partial charge in [-0.3, -0.25) is 25.2 Å². The molecule has 1 aliphatic heterocycles. The number of carbonyl (C=O) groups excluding carboxylic acids is 3. The van der Waals surface area contributed by atoms with Crippen LogP contribution < -0.4 is 15.6 Å². The number of methoxy groups -OCH3 is 1. The van der Waals surface area contributed by atoms with Gasteiger partial charge in [0.05, 0.1) is 24.1 Å². The average Bonchev–Trinajstić information content (AvgIpc) is 3.42. The molecule has 1 fully saturated rings. The first-order valence-electron chi connectivity index (χ1n) is 11.6. The van der Waals surface area contributed by atoms with Crippen LogP contribution >= 0.6 is 23.1 Å². The van der Waals surface area contributed by atoms with Gasteiger partial charge in [-0.15, -0.1) is 23.1 Å². The third kappa shape index (κ3) is 6.24. The Hall–Kier alpha value is -3.37. The average molecular weight is 525 g/mol. The molecule has 1 aliphatic rings. The molecule has 0 radical (unpaired) electrons. The second-order valence-electron chi connectivity index (χ2n) is 8.36. The molecule has 0 atom stereocenters. The number of likely N-dealkylation sites (tertiary alicyclic amines) is 1. The van der Waals surface area contributed by atoms with Crippen LogP contribution in [-0.2, 0) is 11.2 Å². The summed E-state index contributed by atoms with van der Waals surface area (Å²) in [6, 6.07) is 14.9. The van der Waals surface area contributed by atoms with Crippen LogP contribution in [0.15, 0.2) is 58.8 Å². The number of nitrogens with one attached hydrogen (secondary N) is 2. The van der Waals surface area contributed by atoms with E-state index >= 15 is 0 Å². The highest BCUT2D eigenvalue weighted by molar-refractivity contribution is 7.98. The second kappa shape index (κ2) is 12.0. The molecular weight excluding hydrogens is 496 g/mol. The number of hydrogen-bond acceptors (Lipinski definition) is 7. The van der Waals surface area contributed by atoms with Crippen molar-refractivity contribution in [1.29, 1.82) is 0 Å². The lowest BCUT2D eigenvalue weighted by Crippen LogP contribution is -2.42. The fourth-order valence-corrected chi connectivity index (χ4v) is 5.44. The van der Waals surface area contributed by atoms with E-state index in [2.05, 4.69) is 15.8 Å². The van der Waals surface area contributed by atoms with Crippen molar-refractivity contribution in [3.8, 4) is 5.75 Å². The number of benzene rings is 2. The molecule has 4 rings (SSSR count). The van der Waals surface area contributed by atoms with Crippen LogP contribution in [0.3, 0.4) is 0 Å². The van der Waals surface area contributed by atoms with E-state index in [0.717, 1.165) is 23.4 Å². The van der Waals surface area contributed by atoms with Crippen molar-refractivity contribution in [2.45, 2.75) is 30.1 Å². The number of para-hydroxylation sites is 1. The van der Waals surface area contributed by atoms with E-state index in [4.69, 9.17) is 4.74 Å². The Morgan fingerprint density at radius 3 is 2.44 bits per heavy atom. The third-order valence-electron chi connectivity index (χ3n) is 6.11. The van der Waals surface area contributed by atoms with Gasteiger partial charge in [0.25, 0.3) is 11.8 Å². The Labute approximate surface area is 218 Å². The first-order chi connectivity index (χ1) is 17.5. The number of hydrazine groups is 1.